The van der Waals surface area contributed by atoms with Gasteiger partial charge in [0.2, 0.25) is 6.43 Å². The number of carboxylic acids is 1. The summed E-state index contributed by atoms with van der Waals surface area (Å²) in [6, 6.07) is 0. The Morgan fingerprint density at radius 1 is 1.55 bits per heavy atom. The summed E-state index contributed by atoms with van der Waals surface area (Å²) in [7, 11) is 0. The van der Waals surface area contributed by atoms with Crippen molar-refractivity contribution >= 4 is 5.97 Å². The van der Waals surface area contributed by atoms with Gasteiger partial charge in [0.05, 0.1) is 5.92 Å². The van der Waals surface area contributed by atoms with Gasteiger partial charge in [-0.3, -0.25) is 4.79 Å². The summed E-state index contributed by atoms with van der Waals surface area (Å²) in [6.45, 7) is 1.78. The minimum absolute atomic E-state index is 0.333. The van der Waals surface area contributed by atoms with E-state index in [0.29, 0.717) is 12.8 Å². The molecule has 11 heavy (non-hydrogen) atoms. The van der Waals surface area contributed by atoms with Gasteiger partial charge in [-0.05, 0) is 6.42 Å². The molecule has 0 fully saturated rings. The fourth-order valence-electron chi connectivity index (χ4n) is 0.906. The van der Waals surface area contributed by atoms with E-state index in [2.05, 4.69) is 0 Å². The van der Waals surface area contributed by atoms with Crippen LogP contribution in [-0.4, -0.2) is 17.5 Å². The van der Waals surface area contributed by atoms with Crippen LogP contribution in [0.4, 0.5) is 8.78 Å². The molecule has 0 aromatic carbocycles. The number of rotatable bonds is 5. The van der Waals surface area contributed by atoms with Crippen LogP contribution in [0, 0.1) is 5.92 Å². The molecule has 0 aliphatic carbocycles. The van der Waals surface area contributed by atoms with Crippen LogP contribution >= 0.6 is 0 Å². The molecular weight excluding hydrogens is 154 g/mol. The van der Waals surface area contributed by atoms with Crippen LogP contribution < -0.4 is 0 Å². The molecule has 0 spiro atoms. The van der Waals surface area contributed by atoms with Crippen molar-refractivity contribution in [3.05, 3.63) is 0 Å². The summed E-state index contributed by atoms with van der Waals surface area (Å²) >= 11 is 0. The van der Waals surface area contributed by atoms with Crippen molar-refractivity contribution in [2.75, 3.05) is 0 Å². The predicted octanol–water partition coefficient (Wildman–Crippen LogP) is 2.14. The number of hydrogen-bond donors (Lipinski definition) is 1. The molecule has 0 heterocycles. The van der Waals surface area contributed by atoms with E-state index in [9.17, 15) is 13.6 Å². The van der Waals surface area contributed by atoms with Crippen LogP contribution in [0.2, 0.25) is 0 Å². The maximum Gasteiger partial charge on any atom is 0.306 e. The first-order valence-corrected chi connectivity index (χ1v) is 3.58. The van der Waals surface area contributed by atoms with Crippen LogP contribution in [0.5, 0.6) is 0 Å². The molecule has 1 atom stereocenters. The fraction of sp³-hybridized carbons (Fsp3) is 0.857. The molecule has 66 valence electrons. The molecule has 4 heteroatoms. The number of hydrogen-bond acceptors (Lipinski definition) is 1. The fourth-order valence-corrected chi connectivity index (χ4v) is 0.906. The minimum atomic E-state index is -2.51. The molecule has 0 aliphatic rings. The molecule has 0 aliphatic heterocycles. The van der Waals surface area contributed by atoms with Gasteiger partial charge in [-0.2, -0.15) is 0 Å². The quantitative estimate of drug-likeness (QED) is 0.679. The lowest BCUT2D eigenvalue weighted by atomic mass is 10.0. The van der Waals surface area contributed by atoms with E-state index < -0.39 is 24.7 Å². The lowest BCUT2D eigenvalue weighted by molar-refractivity contribution is -0.143. The highest BCUT2D eigenvalue weighted by atomic mass is 19.3. The van der Waals surface area contributed by atoms with E-state index in [0.717, 1.165) is 0 Å². The smallest absolute Gasteiger partial charge is 0.306 e. The van der Waals surface area contributed by atoms with E-state index in [-0.39, 0.29) is 0 Å². The van der Waals surface area contributed by atoms with Crippen molar-refractivity contribution in [2.24, 2.45) is 5.92 Å². The minimum Gasteiger partial charge on any atom is -0.481 e. The van der Waals surface area contributed by atoms with E-state index >= 15 is 0 Å². The Morgan fingerprint density at radius 3 is 2.36 bits per heavy atom. The monoisotopic (exact) mass is 166 g/mol. The summed E-state index contributed by atoms with van der Waals surface area (Å²) < 4.78 is 23.4. The summed E-state index contributed by atoms with van der Waals surface area (Å²) in [6.07, 6.45) is -2.07. The number of alkyl halides is 2. The standard InChI is InChI=1S/C7H12F2O2/c1-2-3-5(7(10)11)4-6(8)9/h5-6H,2-4H2,1H3,(H,10,11). The van der Waals surface area contributed by atoms with Crippen molar-refractivity contribution in [3.63, 3.8) is 0 Å². The third kappa shape index (κ3) is 4.70. The van der Waals surface area contributed by atoms with Gasteiger partial charge in [-0.25, -0.2) is 8.78 Å². The Balaban J connectivity index is 3.79. The Labute approximate surface area is 64.2 Å². The first-order valence-electron chi connectivity index (χ1n) is 3.58. The van der Waals surface area contributed by atoms with E-state index in [1.165, 1.54) is 0 Å². The molecule has 0 bridgehead atoms. The average molecular weight is 166 g/mol. The first kappa shape index (κ1) is 10.3. The molecule has 0 aromatic rings. The molecule has 0 amide bonds. The molecule has 0 radical (unpaired) electrons. The van der Waals surface area contributed by atoms with Crippen molar-refractivity contribution in [1.29, 1.82) is 0 Å². The third-order valence-corrected chi connectivity index (χ3v) is 1.45. The van der Waals surface area contributed by atoms with E-state index in [1.807, 2.05) is 0 Å². The zero-order valence-corrected chi connectivity index (χ0v) is 6.39. The van der Waals surface area contributed by atoms with E-state index in [4.69, 9.17) is 5.11 Å². The zero-order valence-electron chi connectivity index (χ0n) is 6.39. The molecular formula is C7H12F2O2. The van der Waals surface area contributed by atoms with Crippen LogP contribution in [0.3, 0.4) is 0 Å². The SMILES string of the molecule is CCCC(CC(F)F)C(=O)O. The second-order valence-electron chi connectivity index (χ2n) is 2.45. The van der Waals surface area contributed by atoms with Crippen molar-refractivity contribution in [2.45, 2.75) is 32.6 Å². The summed E-state index contributed by atoms with van der Waals surface area (Å²) in [5, 5.41) is 8.42. The number of halogens is 2. The van der Waals surface area contributed by atoms with Crippen LogP contribution in [0.15, 0.2) is 0 Å². The second-order valence-corrected chi connectivity index (χ2v) is 2.45. The van der Waals surface area contributed by atoms with Gasteiger partial charge >= 0.3 is 5.97 Å². The summed E-state index contributed by atoms with van der Waals surface area (Å²) in [5.74, 6) is -1.99. The topological polar surface area (TPSA) is 37.3 Å². The Hall–Kier alpha value is -0.670. The highest BCUT2D eigenvalue weighted by molar-refractivity contribution is 5.69. The van der Waals surface area contributed by atoms with Crippen LogP contribution in [-0.2, 0) is 4.79 Å². The highest BCUT2D eigenvalue weighted by Gasteiger charge is 2.20. The van der Waals surface area contributed by atoms with Crippen LogP contribution in [0.1, 0.15) is 26.2 Å². The molecule has 1 unspecified atom stereocenters. The number of aliphatic carboxylic acids is 1. The first-order chi connectivity index (χ1) is 5.07. The lowest BCUT2D eigenvalue weighted by Gasteiger charge is -2.08. The lowest BCUT2D eigenvalue weighted by Crippen LogP contribution is -2.16. The molecule has 0 rings (SSSR count). The molecule has 1 N–H and O–H groups in total. The van der Waals surface area contributed by atoms with Gasteiger partial charge in [0.25, 0.3) is 0 Å². The molecule has 2 nitrogen and oxygen atoms in total. The normalized spacial score (nSPS) is 13.5. The van der Waals surface area contributed by atoms with Crippen LogP contribution in [0.25, 0.3) is 0 Å². The van der Waals surface area contributed by atoms with Gasteiger partial charge in [-0.1, -0.05) is 13.3 Å². The molecule has 0 saturated heterocycles. The van der Waals surface area contributed by atoms with E-state index in [1.54, 1.807) is 6.92 Å². The molecule has 0 saturated carbocycles. The summed E-state index contributed by atoms with van der Waals surface area (Å²) in [4.78, 5) is 10.3. The largest absolute Gasteiger partial charge is 0.481 e. The highest BCUT2D eigenvalue weighted by Crippen LogP contribution is 2.16. The predicted molar refractivity (Wildman–Crippen MR) is 36.7 cm³/mol. The van der Waals surface area contributed by atoms with Gasteiger partial charge in [0, 0.05) is 6.42 Å². The third-order valence-electron chi connectivity index (χ3n) is 1.45. The Morgan fingerprint density at radius 2 is 2.09 bits per heavy atom. The Kier molecular flexibility index (Phi) is 4.74. The zero-order chi connectivity index (χ0) is 8.85. The Bertz CT molecular complexity index is 126. The second kappa shape index (κ2) is 5.04. The maximum atomic E-state index is 11.7. The maximum absolute atomic E-state index is 11.7. The van der Waals surface area contributed by atoms with Gasteiger partial charge in [0.15, 0.2) is 0 Å². The van der Waals surface area contributed by atoms with Crippen molar-refractivity contribution < 1.29 is 18.7 Å². The van der Waals surface area contributed by atoms with Gasteiger partial charge in [0.1, 0.15) is 0 Å². The van der Waals surface area contributed by atoms with Crippen molar-refractivity contribution in [3.8, 4) is 0 Å². The van der Waals surface area contributed by atoms with Gasteiger partial charge in [-0.15, -0.1) is 0 Å². The number of carboxylic acid groups (broad SMARTS) is 1. The van der Waals surface area contributed by atoms with Gasteiger partial charge < -0.3 is 5.11 Å². The number of carbonyl (C=O) groups is 1. The molecule has 0 aromatic heterocycles. The van der Waals surface area contributed by atoms with Crippen molar-refractivity contribution in [1.82, 2.24) is 0 Å². The summed E-state index contributed by atoms with van der Waals surface area (Å²) in [5.41, 5.74) is 0. The average Bonchev–Trinajstić information content (AvgIpc) is 1.86.